The van der Waals surface area contributed by atoms with E-state index in [2.05, 4.69) is 5.32 Å². The zero-order valence-corrected chi connectivity index (χ0v) is 10.3. The lowest BCUT2D eigenvalue weighted by Gasteiger charge is -2.09. The Bertz CT molecular complexity index is 590. The topological polar surface area (TPSA) is 54.3 Å². The van der Waals surface area contributed by atoms with Gasteiger partial charge in [0, 0.05) is 25.4 Å². The molecule has 1 aromatic heterocycles. The van der Waals surface area contributed by atoms with Crippen LogP contribution in [0.5, 0.6) is 5.75 Å². The number of aryl methyl sites for hydroxylation is 1. The van der Waals surface area contributed by atoms with Gasteiger partial charge in [0.25, 0.3) is 5.56 Å². The zero-order chi connectivity index (χ0) is 13.0. The highest BCUT2D eigenvalue weighted by atomic mass is 16.3. The number of pyridine rings is 1. The van der Waals surface area contributed by atoms with E-state index in [4.69, 9.17) is 0 Å². The molecule has 4 nitrogen and oxygen atoms in total. The second-order valence-corrected chi connectivity index (χ2v) is 4.07. The molecule has 0 bridgehead atoms. The van der Waals surface area contributed by atoms with Gasteiger partial charge in [0.1, 0.15) is 5.75 Å². The monoisotopic (exact) mass is 244 g/mol. The van der Waals surface area contributed by atoms with Gasteiger partial charge in [-0.05, 0) is 30.7 Å². The zero-order valence-electron chi connectivity index (χ0n) is 10.3. The Labute approximate surface area is 106 Å². The SMILES string of the molecule is CCn1cc(NCc2cccc(O)c2)ccc1=O. The molecule has 0 unspecified atom stereocenters. The molecule has 2 N–H and O–H groups in total. The Morgan fingerprint density at radius 2 is 2.11 bits per heavy atom. The van der Waals surface area contributed by atoms with Gasteiger partial charge < -0.3 is 15.0 Å². The standard InChI is InChI=1S/C14H16N2O2/c1-2-16-10-12(6-7-14(16)18)15-9-11-4-3-5-13(17)8-11/h3-8,10,15,17H,2,9H2,1H3. The van der Waals surface area contributed by atoms with Gasteiger partial charge in [-0.15, -0.1) is 0 Å². The fourth-order valence-electron chi connectivity index (χ4n) is 1.75. The van der Waals surface area contributed by atoms with Crippen LogP contribution in [0.1, 0.15) is 12.5 Å². The molecule has 0 amide bonds. The van der Waals surface area contributed by atoms with Gasteiger partial charge >= 0.3 is 0 Å². The number of benzene rings is 1. The normalized spacial score (nSPS) is 10.3. The summed E-state index contributed by atoms with van der Waals surface area (Å²) in [6, 6.07) is 10.4. The molecule has 1 heterocycles. The highest BCUT2D eigenvalue weighted by Gasteiger charge is 1.98. The molecule has 0 aliphatic rings. The molecule has 0 atom stereocenters. The van der Waals surface area contributed by atoms with Crippen molar-refractivity contribution in [1.29, 1.82) is 0 Å². The van der Waals surface area contributed by atoms with E-state index >= 15 is 0 Å². The molecule has 1 aromatic carbocycles. The smallest absolute Gasteiger partial charge is 0.250 e. The third-order valence-electron chi connectivity index (χ3n) is 2.73. The summed E-state index contributed by atoms with van der Waals surface area (Å²) in [7, 11) is 0. The van der Waals surface area contributed by atoms with Gasteiger partial charge in [-0.2, -0.15) is 0 Å². The molecule has 0 aliphatic carbocycles. The molecule has 0 saturated carbocycles. The van der Waals surface area contributed by atoms with Crippen LogP contribution in [-0.4, -0.2) is 9.67 Å². The number of hydrogen-bond donors (Lipinski definition) is 2. The summed E-state index contributed by atoms with van der Waals surface area (Å²) in [6.07, 6.45) is 1.80. The first kappa shape index (κ1) is 12.2. The summed E-state index contributed by atoms with van der Waals surface area (Å²) in [4.78, 5) is 11.4. The van der Waals surface area contributed by atoms with E-state index in [0.717, 1.165) is 11.3 Å². The maximum Gasteiger partial charge on any atom is 0.250 e. The lowest BCUT2D eigenvalue weighted by atomic mass is 10.2. The van der Waals surface area contributed by atoms with Crippen LogP contribution in [0.3, 0.4) is 0 Å². The predicted molar refractivity (Wildman–Crippen MR) is 71.8 cm³/mol. The van der Waals surface area contributed by atoms with Crippen LogP contribution >= 0.6 is 0 Å². The summed E-state index contributed by atoms with van der Waals surface area (Å²) >= 11 is 0. The molecule has 0 aliphatic heterocycles. The van der Waals surface area contributed by atoms with E-state index in [1.165, 1.54) is 0 Å². The van der Waals surface area contributed by atoms with E-state index in [1.807, 2.05) is 13.0 Å². The Kier molecular flexibility index (Phi) is 3.67. The first-order valence-corrected chi connectivity index (χ1v) is 5.91. The van der Waals surface area contributed by atoms with Gasteiger partial charge in [-0.3, -0.25) is 4.79 Å². The van der Waals surface area contributed by atoms with Crippen molar-refractivity contribution in [3.63, 3.8) is 0 Å². The van der Waals surface area contributed by atoms with Gasteiger partial charge in [-0.1, -0.05) is 12.1 Å². The molecular formula is C14H16N2O2. The molecule has 0 saturated heterocycles. The second-order valence-electron chi connectivity index (χ2n) is 4.07. The number of anilines is 1. The number of aromatic hydroxyl groups is 1. The fourth-order valence-corrected chi connectivity index (χ4v) is 1.75. The van der Waals surface area contributed by atoms with Crippen LogP contribution < -0.4 is 10.9 Å². The van der Waals surface area contributed by atoms with Crippen molar-refractivity contribution < 1.29 is 5.11 Å². The Hall–Kier alpha value is -2.23. The molecule has 0 fully saturated rings. The Morgan fingerprint density at radius 1 is 1.28 bits per heavy atom. The first-order chi connectivity index (χ1) is 8.69. The molecule has 0 radical (unpaired) electrons. The highest BCUT2D eigenvalue weighted by Crippen LogP contribution is 2.12. The van der Waals surface area contributed by atoms with Crippen molar-refractivity contribution in [2.45, 2.75) is 20.0 Å². The van der Waals surface area contributed by atoms with Crippen LogP contribution in [0.25, 0.3) is 0 Å². The minimum absolute atomic E-state index is 0.000376. The van der Waals surface area contributed by atoms with Crippen molar-refractivity contribution in [2.24, 2.45) is 0 Å². The number of phenols is 1. The van der Waals surface area contributed by atoms with Crippen molar-refractivity contribution in [3.05, 3.63) is 58.5 Å². The molecule has 2 aromatic rings. The van der Waals surface area contributed by atoms with Gasteiger partial charge in [0.15, 0.2) is 0 Å². The number of hydrogen-bond acceptors (Lipinski definition) is 3. The molecule has 94 valence electrons. The predicted octanol–water partition coefficient (Wildman–Crippen LogP) is 2.19. The molecule has 0 spiro atoms. The van der Waals surface area contributed by atoms with Crippen LogP contribution in [-0.2, 0) is 13.1 Å². The van der Waals surface area contributed by atoms with Crippen LogP contribution in [0.4, 0.5) is 5.69 Å². The van der Waals surface area contributed by atoms with Crippen LogP contribution in [0, 0.1) is 0 Å². The molecular weight excluding hydrogens is 228 g/mol. The summed E-state index contributed by atoms with van der Waals surface area (Å²) in [5.74, 6) is 0.257. The van der Waals surface area contributed by atoms with E-state index in [1.54, 1.807) is 41.1 Å². The van der Waals surface area contributed by atoms with E-state index in [9.17, 15) is 9.90 Å². The van der Waals surface area contributed by atoms with Crippen molar-refractivity contribution in [1.82, 2.24) is 4.57 Å². The van der Waals surface area contributed by atoms with Crippen LogP contribution in [0.2, 0.25) is 0 Å². The van der Waals surface area contributed by atoms with Gasteiger partial charge in [0.2, 0.25) is 0 Å². The van der Waals surface area contributed by atoms with Crippen LogP contribution in [0.15, 0.2) is 47.4 Å². The number of aromatic nitrogens is 1. The van der Waals surface area contributed by atoms with Crippen molar-refractivity contribution in [3.8, 4) is 5.75 Å². The van der Waals surface area contributed by atoms with E-state index in [0.29, 0.717) is 13.1 Å². The number of phenolic OH excluding ortho intramolecular Hbond substituents is 1. The fraction of sp³-hybridized carbons (Fsp3) is 0.214. The van der Waals surface area contributed by atoms with Gasteiger partial charge in [0.05, 0.1) is 5.69 Å². The largest absolute Gasteiger partial charge is 0.508 e. The summed E-state index contributed by atoms with van der Waals surface area (Å²) in [5.41, 5.74) is 1.88. The maximum atomic E-state index is 11.4. The highest BCUT2D eigenvalue weighted by molar-refractivity contribution is 5.41. The minimum atomic E-state index is 0.000376. The molecule has 18 heavy (non-hydrogen) atoms. The second kappa shape index (κ2) is 5.40. The van der Waals surface area contributed by atoms with Crippen molar-refractivity contribution >= 4 is 5.69 Å². The third-order valence-corrected chi connectivity index (χ3v) is 2.73. The number of rotatable bonds is 4. The molecule has 4 heteroatoms. The van der Waals surface area contributed by atoms with Crippen molar-refractivity contribution in [2.75, 3.05) is 5.32 Å². The number of nitrogens with one attached hydrogen (secondary N) is 1. The Balaban J connectivity index is 2.08. The average molecular weight is 244 g/mol. The third kappa shape index (κ3) is 2.91. The maximum absolute atomic E-state index is 11.4. The molecule has 2 rings (SSSR count). The quantitative estimate of drug-likeness (QED) is 0.866. The Morgan fingerprint density at radius 3 is 2.83 bits per heavy atom. The minimum Gasteiger partial charge on any atom is -0.508 e. The summed E-state index contributed by atoms with van der Waals surface area (Å²) < 4.78 is 1.64. The number of nitrogens with zero attached hydrogens (tertiary/aromatic N) is 1. The summed E-state index contributed by atoms with van der Waals surface area (Å²) in [5, 5.41) is 12.6. The van der Waals surface area contributed by atoms with E-state index < -0.39 is 0 Å². The van der Waals surface area contributed by atoms with E-state index in [-0.39, 0.29) is 11.3 Å². The lowest BCUT2D eigenvalue weighted by molar-refractivity contribution is 0.474. The first-order valence-electron chi connectivity index (χ1n) is 5.91. The lowest BCUT2D eigenvalue weighted by Crippen LogP contribution is -2.17. The summed E-state index contributed by atoms with van der Waals surface area (Å²) in [6.45, 7) is 3.19. The van der Waals surface area contributed by atoms with Gasteiger partial charge in [-0.25, -0.2) is 0 Å². The average Bonchev–Trinajstić information content (AvgIpc) is 2.38.